The van der Waals surface area contributed by atoms with Crippen molar-refractivity contribution in [3.63, 3.8) is 0 Å². The molecular formula is C16H20N2O2. The summed E-state index contributed by atoms with van der Waals surface area (Å²) in [5.74, 6) is 3.41. The number of amides is 1. The number of ether oxygens (including phenoxy) is 1. The van der Waals surface area contributed by atoms with Crippen molar-refractivity contribution in [1.82, 2.24) is 10.2 Å². The van der Waals surface area contributed by atoms with Gasteiger partial charge in [-0.15, -0.1) is 6.42 Å². The molecule has 2 rings (SSSR count). The Morgan fingerprint density at radius 1 is 1.45 bits per heavy atom. The molecular weight excluding hydrogens is 252 g/mol. The Morgan fingerprint density at radius 3 is 2.70 bits per heavy atom. The van der Waals surface area contributed by atoms with Crippen molar-refractivity contribution in [2.24, 2.45) is 0 Å². The lowest BCUT2D eigenvalue weighted by atomic mass is 10.2. The van der Waals surface area contributed by atoms with Gasteiger partial charge in [0, 0.05) is 12.6 Å². The molecule has 0 saturated heterocycles. The van der Waals surface area contributed by atoms with Crippen LogP contribution in [0, 0.1) is 12.3 Å². The molecule has 1 fully saturated rings. The van der Waals surface area contributed by atoms with Crippen molar-refractivity contribution in [3.05, 3.63) is 29.8 Å². The Morgan fingerprint density at radius 2 is 2.15 bits per heavy atom. The fourth-order valence-corrected chi connectivity index (χ4v) is 2.08. The third kappa shape index (κ3) is 4.01. The maximum absolute atomic E-state index is 12.2. The molecule has 1 aliphatic rings. The summed E-state index contributed by atoms with van der Waals surface area (Å²) in [6.45, 7) is 1.37. The van der Waals surface area contributed by atoms with E-state index in [9.17, 15) is 4.79 Å². The first-order valence-corrected chi connectivity index (χ1v) is 6.81. The average molecular weight is 272 g/mol. The first-order chi connectivity index (χ1) is 9.74. The van der Waals surface area contributed by atoms with Gasteiger partial charge in [-0.05, 0) is 30.5 Å². The smallest absolute Gasteiger partial charge is 0.237 e. The fraction of sp³-hybridized carbons (Fsp3) is 0.438. The molecule has 1 aliphatic carbocycles. The molecule has 0 bridgehead atoms. The van der Waals surface area contributed by atoms with Crippen molar-refractivity contribution < 1.29 is 9.53 Å². The van der Waals surface area contributed by atoms with Gasteiger partial charge in [-0.1, -0.05) is 18.1 Å². The van der Waals surface area contributed by atoms with Crippen LogP contribution < -0.4 is 10.1 Å². The van der Waals surface area contributed by atoms with Gasteiger partial charge < -0.3 is 9.64 Å². The van der Waals surface area contributed by atoms with Crippen LogP contribution in [0.3, 0.4) is 0 Å². The second-order valence-corrected chi connectivity index (χ2v) is 4.91. The third-order valence-corrected chi connectivity index (χ3v) is 3.32. The van der Waals surface area contributed by atoms with Crippen LogP contribution in [0.25, 0.3) is 0 Å². The van der Waals surface area contributed by atoms with Gasteiger partial charge in [-0.2, -0.15) is 0 Å². The number of rotatable bonds is 7. The zero-order valence-electron chi connectivity index (χ0n) is 11.8. The summed E-state index contributed by atoms with van der Waals surface area (Å²) in [5.41, 5.74) is 1.11. The average Bonchev–Trinajstić information content (AvgIpc) is 3.30. The van der Waals surface area contributed by atoms with Crippen molar-refractivity contribution in [2.75, 3.05) is 20.2 Å². The van der Waals surface area contributed by atoms with E-state index in [1.807, 2.05) is 29.2 Å². The minimum Gasteiger partial charge on any atom is -0.497 e. The minimum atomic E-state index is 0.110. The standard InChI is InChI=1S/C16H20N2O2/c1-3-10-17-11-16(19)18(14-6-7-14)12-13-4-8-15(20-2)9-5-13/h1,4-5,8-9,14,17H,6-7,10-12H2,2H3. The van der Waals surface area contributed by atoms with Crippen LogP contribution in [0.4, 0.5) is 0 Å². The minimum absolute atomic E-state index is 0.110. The number of hydrogen-bond donors (Lipinski definition) is 1. The maximum Gasteiger partial charge on any atom is 0.237 e. The highest BCUT2D eigenvalue weighted by Crippen LogP contribution is 2.28. The SMILES string of the molecule is C#CCNCC(=O)N(Cc1ccc(OC)cc1)C1CC1. The summed E-state index contributed by atoms with van der Waals surface area (Å²) in [4.78, 5) is 14.1. The van der Waals surface area contributed by atoms with E-state index in [2.05, 4.69) is 11.2 Å². The molecule has 0 radical (unpaired) electrons. The molecule has 4 heteroatoms. The van der Waals surface area contributed by atoms with Gasteiger partial charge in [0.1, 0.15) is 5.75 Å². The van der Waals surface area contributed by atoms with Crippen molar-refractivity contribution in [1.29, 1.82) is 0 Å². The molecule has 0 heterocycles. The van der Waals surface area contributed by atoms with Crippen molar-refractivity contribution in [2.45, 2.75) is 25.4 Å². The van der Waals surface area contributed by atoms with Gasteiger partial charge in [0.05, 0.1) is 20.2 Å². The number of nitrogens with one attached hydrogen (secondary N) is 1. The fourth-order valence-electron chi connectivity index (χ4n) is 2.08. The Kier molecular flexibility index (Phi) is 5.03. The molecule has 1 aromatic carbocycles. The summed E-state index contributed by atoms with van der Waals surface area (Å²) < 4.78 is 5.14. The normalized spacial score (nSPS) is 13.6. The van der Waals surface area contributed by atoms with Crippen molar-refractivity contribution in [3.8, 4) is 18.1 Å². The Bertz CT molecular complexity index is 486. The van der Waals surface area contributed by atoms with Crippen LogP contribution in [-0.2, 0) is 11.3 Å². The van der Waals surface area contributed by atoms with E-state index >= 15 is 0 Å². The lowest BCUT2D eigenvalue weighted by molar-refractivity contribution is -0.131. The summed E-state index contributed by atoms with van der Waals surface area (Å²) in [7, 11) is 1.65. The number of benzene rings is 1. The molecule has 4 nitrogen and oxygen atoms in total. The molecule has 1 N–H and O–H groups in total. The van der Waals surface area contributed by atoms with Crippen LogP contribution in [0.2, 0.25) is 0 Å². The number of carbonyl (C=O) groups is 1. The van der Waals surface area contributed by atoms with E-state index in [-0.39, 0.29) is 5.91 Å². The van der Waals surface area contributed by atoms with E-state index in [0.717, 1.165) is 24.2 Å². The third-order valence-electron chi connectivity index (χ3n) is 3.32. The highest BCUT2D eigenvalue weighted by Gasteiger charge is 2.32. The van der Waals surface area contributed by atoms with Gasteiger partial charge in [0.25, 0.3) is 0 Å². The molecule has 1 saturated carbocycles. The number of hydrogen-bond acceptors (Lipinski definition) is 3. The Labute approximate surface area is 120 Å². The first-order valence-electron chi connectivity index (χ1n) is 6.81. The molecule has 1 aromatic rings. The summed E-state index contributed by atoms with van der Waals surface area (Å²) in [6.07, 6.45) is 7.35. The Balaban J connectivity index is 1.94. The molecule has 0 aromatic heterocycles. The molecule has 0 atom stereocenters. The van der Waals surface area contributed by atoms with E-state index in [0.29, 0.717) is 25.7 Å². The van der Waals surface area contributed by atoms with Crippen LogP contribution in [0.1, 0.15) is 18.4 Å². The quantitative estimate of drug-likeness (QED) is 0.603. The zero-order valence-corrected chi connectivity index (χ0v) is 11.8. The number of methoxy groups -OCH3 is 1. The topological polar surface area (TPSA) is 41.6 Å². The van der Waals surface area contributed by atoms with Gasteiger partial charge >= 0.3 is 0 Å². The lowest BCUT2D eigenvalue weighted by Gasteiger charge is -2.22. The monoisotopic (exact) mass is 272 g/mol. The summed E-state index contributed by atoms with van der Waals surface area (Å²) in [5, 5.41) is 2.95. The van der Waals surface area contributed by atoms with Crippen LogP contribution in [0.5, 0.6) is 5.75 Å². The highest BCUT2D eigenvalue weighted by atomic mass is 16.5. The summed E-state index contributed by atoms with van der Waals surface area (Å²) in [6, 6.07) is 8.22. The maximum atomic E-state index is 12.2. The van der Waals surface area contributed by atoms with Crippen LogP contribution in [0.15, 0.2) is 24.3 Å². The van der Waals surface area contributed by atoms with E-state index in [1.54, 1.807) is 7.11 Å². The predicted octanol–water partition coefficient (Wildman–Crippen LogP) is 1.41. The Hall–Kier alpha value is -1.99. The molecule has 0 unspecified atom stereocenters. The van der Waals surface area contributed by atoms with Crippen LogP contribution >= 0.6 is 0 Å². The van der Waals surface area contributed by atoms with Gasteiger partial charge in [-0.25, -0.2) is 0 Å². The largest absolute Gasteiger partial charge is 0.497 e. The molecule has 20 heavy (non-hydrogen) atoms. The van der Waals surface area contributed by atoms with E-state index in [4.69, 9.17) is 11.2 Å². The highest BCUT2D eigenvalue weighted by molar-refractivity contribution is 5.79. The zero-order chi connectivity index (χ0) is 14.4. The molecule has 106 valence electrons. The van der Waals surface area contributed by atoms with Crippen molar-refractivity contribution >= 4 is 5.91 Å². The number of terminal acetylenes is 1. The number of nitrogens with zero attached hydrogens (tertiary/aromatic N) is 1. The lowest BCUT2D eigenvalue weighted by Crippen LogP contribution is -2.39. The summed E-state index contributed by atoms with van der Waals surface area (Å²) >= 11 is 0. The van der Waals surface area contributed by atoms with Gasteiger partial charge in [0.2, 0.25) is 5.91 Å². The molecule has 1 amide bonds. The molecule has 0 aliphatic heterocycles. The van der Waals surface area contributed by atoms with E-state index < -0.39 is 0 Å². The second-order valence-electron chi connectivity index (χ2n) is 4.91. The van der Waals surface area contributed by atoms with E-state index in [1.165, 1.54) is 0 Å². The second kappa shape index (κ2) is 6.97. The predicted molar refractivity (Wildman–Crippen MR) is 78.3 cm³/mol. The first kappa shape index (κ1) is 14.4. The number of carbonyl (C=O) groups excluding carboxylic acids is 1. The van der Waals surface area contributed by atoms with Crippen LogP contribution in [-0.4, -0.2) is 37.0 Å². The molecule has 0 spiro atoms. The van der Waals surface area contributed by atoms with Gasteiger partial charge in [-0.3, -0.25) is 10.1 Å². The van der Waals surface area contributed by atoms with Gasteiger partial charge in [0.15, 0.2) is 0 Å².